The maximum Gasteiger partial charge on any atom is 0.133 e. The van der Waals surface area contributed by atoms with E-state index in [9.17, 15) is 0 Å². The Hall–Kier alpha value is -2.67. The van der Waals surface area contributed by atoms with Gasteiger partial charge in [-0.25, -0.2) is 0 Å². The molecule has 1 aliphatic heterocycles. The number of nitrogens with zero attached hydrogens (tertiary/aromatic N) is 6. The van der Waals surface area contributed by atoms with E-state index in [4.69, 9.17) is 5.10 Å². The predicted octanol–water partition coefficient (Wildman–Crippen LogP) is 1.44. The zero-order valence-electron chi connectivity index (χ0n) is 14.9. The van der Waals surface area contributed by atoms with Gasteiger partial charge in [-0.15, -0.1) is 5.10 Å². The monoisotopic (exact) mass is 337 g/mol. The van der Waals surface area contributed by atoms with Crippen molar-refractivity contribution >= 4 is 5.69 Å². The molecule has 0 fully saturated rings. The van der Waals surface area contributed by atoms with Crippen LogP contribution < -0.4 is 10.2 Å². The molecular formula is C18H23N7. The van der Waals surface area contributed by atoms with Gasteiger partial charge in [0.1, 0.15) is 11.4 Å². The van der Waals surface area contributed by atoms with Crippen molar-refractivity contribution in [2.45, 2.75) is 19.5 Å². The molecule has 0 aliphatic carbocycles. The molecule has 0 atom stereocenters. The molecule has 0 spiro atoms. The van der Waals surface area contributed by atoms with Gasteiger partial charge >= 0.3 is 0 Å². The van der Waals surface area contributed by atoms with Crippen LogP contribution in [-0.2, 0) is 26.6 Å². The smallest absolute Gasteiger partial charge is 0.133 e. The average molecular weight is 337 g/mol. The Labute approximate surface area is 147 Å². The van der Waals surface area contributed by atoms with Crippen molar-refractivity contribution in [1.29, 1.82) is 0 Å². The normalized spacial score (nSPS) is 13.7. The second-order valence-corrected chi connectivity index (χ2v) is 6.70. The van der Waals surface area contributed by atoms with Crippen molar-refractivity contribution in [3.63, 3.8) is 0 Å². The van der Waals surface area contributed by atoms with Crippen LogP contribution in [0.3, 0.4) is 0 Å². The molecular weight excluding hydrogens is 314 g/mol. The van der Waals surface area contributed by atoms with E-state index in [1.807, 2.05) is 13.2 Å². The number of hydrogen-bond acceptors (Lipinski definition) is 5. The molecule has 7 heteroatoms. The van der Waals surface area contributed by atoms with E-state index in [1.165, 1.54) is 22.5 Å². The predicted molar refractivity (Wildman–Crippen MR) is 97.5 cm³/mol. The molecule has 1 aliphatic rings. The minimum atomic E-state index is 0.774. The Morgan fingerprint density at radius 1 is 1.20 bits per heavy atom. The molecule has 25 heavy (non-hydrogen) atoms. The molecule has 0 unspecified atom stereocenters. The lowest BCUT2D eigenvalue weighted by Gasteiger charge is -2.16. The molecule has 130 valence electrons. The van der Waals surface area contributed by atoms with Crippen molar-refractivity contribution in [3.05, 3.63) is 47.3 Å². The summed E-state index contributed by atoms with van der Waals surface area (Å²) in [6.45, 7) is 2.59. The third-order valence-electron chi connectivity index (χ3n) is 4.64. The summed E-state index contributed by atoms with van der Waals surface area (Å²) in [6.07, 6.45) is 2.91. The Morgan fingerprint density at radius 2 is 2.00 bits per heavy atom. The number of aryl methyl sites for hydroxylation is 1. The van der Waals surface area contributed by atoms with Crippen LogP contribution in [0.2, 0.25) is 0 Å². The molecule has 0 radical (unpaired) electrons. The molecule has 3 heterocycles. The third kappa shape index (κ3) is 3.02. The first kappa shape index (κ1) is 15.8. The number of fused-ring (bicyclic) bond motifs is 1. The summed E-state index contributed by atoms with van der Waals surface area (Å²) < 4.78 is 3.85. The minimum absolute atomic E-state index is 0.774. The van der Waals surface area contributed by atoms with E-state index < -0.39 is 0 Å². The van der Waals surface area contributed by atoms with Crippen molar-refractivity contribution in [2.75, 3.05) is 25.5 Å². The van der Waals surface area contributed by atoms with E-state index in [0.717, 1.165) is 37.4 Å². The second kappa shape index (κ2) is 6.33. The Morgan fingerprint density at radius 3 is 2.68 bits per heavy atom. The molecule has 3 aromatic rings. The fraction of sp³-hybridized carbons (Fsp3) is 0.389. The zero-order chi connectivity index (χ0) is 17.4. The first-order chi connectivity index (χ1) is 12.1. The Bertz CT molecular complexity index is 873. The van der Waals surface area contributed by atoms with Crippen LogP contribution in [0.5, 0.6) is 0 Å². The van der Waals surface area contributed by atoms with Gasteiger partial charge in [-0.1, -0.05) is 17.3 Å². The van der Waals surface area contributed by atoms with Crippen LogP contribution in [0.1, 0.15) is 16.8 Å². The highest BCUT2D eigenvalue weighted by Crippen LogP contribution is 2.27. The molecule has 0 amide bonds. The minimum Gasteiger partial charge on any atom is -0.378 e. The number of hydrogen-bond donors (Lipinski definition) is 1. The topological polar surface area (TPSA) is 63.8 Å². The van der Waals surface area contributed by atoms with Gasteiger partial charge in [0.25, 0.3) is 0 Å². The van der Waals surface area contributed by atoms with Crippen molar-refractivity contribution in [3.8, 4) is 11.4 Å². The van der Waals surface area contributed by atoms with Crippen LogP contribution >= 0.6 is 0 Å². The van der Waals surface area contributed by atoms with E-state index >= 15 is 0 Å². The number of anilines is 1. The number of benzene rings is 1. The van der Waals surface area contributed by atoms with Crippen molar-refractivity contribution < 1.29 is 0 Å². The van der Waals surface area contributed by atoms with Crippen LogP contribution in [0.25, 0.3) is 11.4 Å². The largest absolute Gasteiger partial charge is 0.378 e. The first-order valence-corrected chi connectivity index (χ1v) is 8.54. The summed E-state index contributed by atoms with van der Waals surface area (Å²) in [5, 5.41) is 16.6. The van der Waals surface area contributed by atoms with E-state index in [1.54, 1.807) is 4.68 Å². The van der Waals surface area contributed by atoms with Gasteiger partial charge in [0.05, 0.1) is 12.7 Å². The van der Waals surface area contributed by atoms with Gasteiger partial charge in [0.2, 0.25) is 0 Å². The maximum absolute atomic E-state index is 4.88. The number of nitrogens with one attached hydrogen (secondary N) is 1. The molecule has 4 rings (SSSR count). The maximum atomic E-state index is 4.88. The Balaban J connectivity index is 1.68. The summed E-state index contributed by atoms with van der Waals surface area (Å²) in [5.41, 5.74) is 6.79. The van der Waals surface area contributed by atoms with Crippen molar-refractivity contribution in [1.82, 2.24) is 30.1 Å². The summed E-state index contributed by atoms with van der Waals surface area (Å²) in [4.78, 5) is 2.11. The van der Waals surface area contributed by atoms with Gasteiger partial charge in [-0.05, 0) is 17.7 Å². The fourth-order valence-electron chi connectivity index (χ4n) is 3.28. The molecule has 7 nitrogen and oxygen atoms in total. The summed E-state index contributed by atoms with van der Waals surface area (Å²) >= 11 is 0. The highest BCUT2D eigenvalue weighted by Gasteiger charge is 2.23. The highest BCUT2D eigenvalue weighted by molar-refractivity contribution is 5.59. The van der Waals surface area contributed by atoms with Gasteiger partial charge in [0.15, 0.2) is 0 Å². The van der Waals surface area contributed by atoms with Crippen LogP contribution in [0, 0.1) is 0 Å². The van der Waals surface area contributed by atoms with Gasteiger partial charge in [-0.2, -0.15) is 5.10 Å². The van der Waals surface area contributed by atoms with E-state index in [-0.39, 0.29) is 0 Å². The summed E-state index contributed by atoms with van der Waals surface area (Å²) in [6, 6.07) is 8.64. The Kier molecular flexibility index (Phi) is 4.01. The lowest BCUT2D eigenvalue weighted by atomic mass is 10.1. The molecule has 1 N–H and O–H groups in total. The standard InChI is InChI=1S/C18H23N7/c1-23(2)14-6-4-13(5-7-14)11-25-17-8-9-19-10-15(17)18(21-25)16-12-24(3)22-20-16/h4-7,12,19H,8-11H2,1-3H3. The first-order valence-electron chi connectivity index (χ1n) is 8.54. The van der Waals surface area contributed by atoms with Crippen LogP contribution in [0.15, 0.2) is 30.5 Å². The van der Waals surface area contributed by atoms with Crippen LogP contribution in [0.4, 0.5) is 5.69 Å². The molecule has 0 saturated heterocycles. The summed E-state index contributed by atoms with van der Waals surface area (Å²) in [5.74, 6) is 0. The van der Waals surface area contributed by atoms with E-state index in [0.29, 0.717) is 0 Å². The summed E-state index contributed by atoms with van der Waals surface area (Å²) in [7, 11) is 5.99. The quantitative estimate of drug-likeness (QED) is 0.780. The third-order valence-corrected chi connectivity index (χ3v) is 4.64. The molecule has 0 bridgehead atoms. The van der Waals surface area contributed by atoms with Crippen molar-refractivity contribution in [2.24, 2.45) is 7.05 Å². The lowest BCUT2D eigenvalue weighted by Crippen LogP contribution is -2.25. The average Bonchev–Trinajstić information content (AvgIpc) is 3.20. The van der Waals surface area contributed by atoms with E-state index in [2.05, 4.69) is 63.6 Å². The van der Waals surface area contributed by atoms with Gasteiger partial charge in [0, 0.05) is 57.6 Å². The van der Waals surface area contributed by atoms with Gasteiger partial charge < -0.3 is 10.2 Å². The fourth-order valence-corrected chi connectivity index (χ4v) is 3.28. The number of aromatic nitrogens is 5. The second-order valence-electron chi connectivity index (χ2n) is 6.70. The molecule has 0 saturated carbocycles. The molecule has 1 aromatic carbocycles. The number of rotatable bonds is 4. The zero-order valence-corrected chi connectivity index (χ0v) is 14.9. The highest BCUT2D eigenvalue weighted by atomic mass is 15.4. The van der Waals surface area contributed by atoms with Crippen LogP contribution in [-0.4, -0.2) is 45.4 Å². The SMILES string of the molecule is CN(C)c1ccc(Cn2nc(-c3cn(C)nn3)c3c2CCNC3)cc1. The molecule has 2 aromatic heterocycles. The van der Waals surface area contributed by atoms with Gasteiger partial charge in [-0.3, -0.25) is 9.36 Å². The lowest BCUT2D eigenvalue weighted by molar-refractivity contribution is 0.582.